The van der Waals surface area contributed by atoms with E-state index in [0.29, 0.717) is 19.3 Å². The summed E-state index contributed by atoms with van der Waals surface area (Å²) in [5.41, 5.74) is 0. The zero-order valence-corrected chi connectivity index (χ0v) is 12.2. The van der Waals surface area contributed by atoms with Crippen molar-refractivity contribution < 1.29 is 22.8 Å². The molecule has 1 aliphatic heterocycles. The highest BCUT2D eigenvalue weighted by molar-refractivity contribution is 6.60. The fraction of sp³-hybridized carbons (Fsp3) is 1.00. The van der Waals surface area contributed by atoms with E-state index in [4.69, 9.17) is 22.8 Å². The first kappa shape index (κ1) is 15.1. The molecule has 1 fully saturated rings. The fourth-order valence-electron chi connectivity index (χ4n) is 1.57. The lowest BCUT2D eigenvalue weighted by atomic mass is 10.5. The highest BCUT2D eigenvalue weighted by Crippen LogP contribution is 2.18. The summed E-state index contributed by atoms with van der Waals surface area (Å²) in [7, 11) is 0.820. The second kappa shape index (κ2) is 7.45. The largest absolute Gasteiger partial charge is 0.500 e. The monoisotopic (exact) mass is 264 g/mol. The molecule has 0 bridgehead atoms. The minimum Gasteiger partial charge on any atom is -0.379 e. The highest BCUT2D eigenvalue weighted by Gasteiger charge is 2.39. The Morgan fingerprint density at radius 2 is 1.94 bits per heavy atom. The van der Waals surface area contributed by atoms with Crippen LogP contribution in [0.15, 0.2) is 0 Å². The minimum atomic E-state index is -2.48. The van der Waals surface area contributed by atoms with E-state index in [1.807, 2.05) is 13.8 Å². The molecule has 5 nitrogen and oxygen atoms in total. The summed E-state index contributed by atoms with van der Waals surface area (Å²) in [5.74, 6) is 0. The molecule has 1 saturated heterocycles. The topological polar surface area (TPSA) is 49.5 Å². The Morgan fingerprint density at radius 1 is 1.29 bits per heavy atom. The SMILES string of the molecule is CO[Si](CCCOCC1CO1)(OC)OC(C)C. The maximum Gasteiger partial charge on any atom is 0.500 e. The van der Waals surface area contributed by atoms with Crippen molar-refractivity contribution >= 4 is 8.80 Å². The van der Waals surface area contributed by atoms with Crippen LogP contribution in [0.4, 0.5) is 0 Å². The smallest absolute Gasteiger partial charge is 0.379 e. The quantitative estimate of drug-likeness (QED) is 0.339. The first-order valence-electron chi connectivity index (χ1n) is 6.09. The minimum absolute atomic E-state index is 0.113. The van der Waals surface area contributed by atoms with Crippen molar-refractivity contribution in [2.75, 3.05) is 34.0 Å². The maximum absolute atomic E-state index is 5.79. The molecule has 1 aliphatic rings. The lowest BCUT2D eigenvalue weighted by molar-refractivity contribution is 0.0639. The molecule has 1 heterocycles. The normalized spacial score (nSPS) is 19.9. The molecule has 0 spiro atoms. The van der Waals surface area contributed by atoms with Crippen molar-refractivity contribution in [3.8, 4) is 0 Å². The van der Waals surface area contributed by atoms with Crippen LogP contribution in [0.5, 0.6) is 0 Å². The summed E-state index contributed by atoms with van der Waals surface area (Å²) in [5, 5.41) is 0. The van der Waals surface area contributed by atoms with Crippen molar-refractivity contribution in [2.24, 2.45) is 0 Å². The van der Waals surface area contributed by atoms with Crippen LogP contribution in [0.25, 0.3) is 0 Å². The molecule has 1 unspecified atom stereocenters. The van der Waals surface area contributed by atoms with Crippen LogP contribution in [0, 0.1) is 0 Å². The third-order valence-electron chi connectivity index (χ3n) is 2.52. The van der Waals surface area contributed by atoms with Gasteiger partial charge in [0.2, 0.25) is 0 Å². The van der Waals surface area contributed by atoms with Crippen molar-refractivity contribution in [3.63, 3.8) is 0 Å². The van der Waals surface area contributed by atoms with Gasteiger partial charge in [0.1, 0.15) is 6.10 Å². The van der Waals surface area contributed by atoms with Crippen molar-refractivity contribution in [3.05, 3.63) is 0 Å². The summed E-state index contributed by atoms with van der Waals surface area (Å²) >= 11 is 0. The second-order valence-corrected chi connectivity index (χ2v) is 7.31. The van der Waals surface area contributed by atoms with Crippen molar-refractivity contribution in [1.29, 1.82) is 0 Å². The van der Waals surface area contributed by atoms with Gasteiger partial charge in [-0.1, -0.05) is 0 Å². The summed E-state index contributed by atoms with van der Waals surface area (Å²) < 4.78 is 27.2. The van der Waals surface area contributed by atoms with Gasteiger partial charge in [-0.25, -0.2) is 0 Å². The molecule has 0 radical (unpaired) electrons. The number of rotatable bonds is 10. The average molecular weight is 264 g/mol. The van der Waals surface area contributed by atoms with Crippen LogP contribution >= 0.6 is 0 Å². The molecule has 0 aromatic rings. The van der Waals surface area contributed by atoms with Crippen LogP contribution in [0.2, 0.25) is 6.04 Å². The Labute approximate surface area is 105 Å². The molecule has 0 saturated carbocycles. The third-order valence-corrected chi connectivity index (χ3v) is 5.56. The van der Waals surface area contributed by atoms with Crippen molar-refractivity contribution in [2.45, 2.75) is 38.5 Å². The summed E-state index contributed by atoms with van der Waals surface area (Å²) in [6, 6.07) is 0.781. The Balaban J connectivity index is 2.17. The van der Waals surface area contributed by atoms with Gasteiger partial charge in [0.05, 0.1) is 13.2 Å². The van der Waals surface area contributed by atoms with Gasteiger partial charge in [0.15, 0.2) is 0 Å². The van der Waals surface area contributed by atoms with E-state index in [1.165, 1.54) is 0 Å². The Bertz CT molecular complexity index is 204. The molecular weight excluding hydrogens is 240 g/mol. The standard InChI is InChI=1S/C11H24O5Si/c1-10(2)16-17(12-3,13-4)7-5-6-14-8-11-9-15-11/h10-11H,5-9H2,1-4H3. The number of ether oxygens (including phenoxy) is 2. The Morgan fingerprint density at radius 3 is 2.41 bits per heavy atom. The van der Waals surface area contributed by atoms with Gasteiger partial charge in [0.25, 0.3) is 0 Å². The van der Waals surface area contributed by atoms with E-state index in [9.17, 15) is 0 Å². The van der Waals surface area contributed by atoms with Crippen molar-refractivity contribution in [1.82, 2.24) is 0 Å². The fourth-order valence-corrected chi connectivity index (χ4v) is 3.75. The summed E-state index contributed by atoms with van der Waals surface area (Å²) in [6.07, 6.45) is 1.32. The van der Waals surface area contributed by atoms with Gasteiger partial charge >= 0.3 is 8.80 Å². The molecule has 0 amide bonds. The molecule has 102 valence electrons. The predicted octanol–water partition coefficient (Wildman–Crippen LogP) is 1.45. The van der Waals surface area contributed by atoms with E-state index in [1.54, 1.807) is 14.2 Å². The molecule has 1 rings (SSSR count). The first-order valence-corrected chi connectivity index (χ1v) is 8.02. The summed E-state index contributed by atoms with van der Waals surface area (Å²) in [4.78, 5) is 0. The van der Waals surface area contributed by atoms with Crippen LogP contribution in [-0.2, 0) is 22.8 Å². The molecule has 17 heavy (non-hydrogen) atoms. The average Bonchev–Trinajstić information content (AvgIpc) is 3.10. The highest BCUT2D eigenvalue weighted by atomic mass is 28.4. The van der Waals surface area contributed by atoms with Gasteiger partial charge < -0.3 is 22.8 Å². The van der Waals surface area contributed by atoms with E-state index < -0.39 is 8.80 Å². The van der Waals surface area contributed by atoms with Gasteiger partial charge in [-0.3, -0.25) is 0 Å². The van der Waals surface area contributed by atoms with Crippen LogP contribution in [0.1, 0.15) is 20.3 Å². The predicted molar refractivity (Wildman–Crippen MR) is 66.0 cm³/mol. The Hall–Kier alpha value is 0.0169. The van der Waals surface area contributed by atoms with Crippen LogP contribution in [0.3, 0.4) is 0 Å². The van der Waals surface area contributed by atoms with Gasteiger partial charge in [-0.2, -0.15) is 0 Å². The number of hydrogen-bond acceptors (Lipinski definition) is 5. The van der Waals surface area contributed by atoms with E-state index in [0.717, 1.165) is 19.1 Å². The van der Waals surface area contributed by atoms with Gasteiger partial charge in [-0.15, -0.1) is 0 Å². The van der Waals surface area contributed by atoms with E-state index >= 15 is 0 Å². The summed E-state index contributed by atoms with van der Waals surface area (Å²) in [6.45, 7) is 6.20. The lowest BCUT2D eigenvalue weighted by Crippen LogP contribution is -2.45. The van der Waals surface area contributed by atoms with E-state index in [2.05, 4.69) is 0 Å². The van der Waals surface area contributed by atoms with Gasteiger partial charge in [-0.05, 0) is 20.3 Å². The van der Waals surface area contributed by atoms with Gasteiger partial charge in [0, 0.05) is 33.0 Å². The molecule has 0 aromatic heterocycles. The second-order valence-electron chi connectivity index (χ2n) is 4.39. The molecular formula is C11H24O5Si. The zero-order valence-electron chi connectivity index (χ0n) is 11.2. The third kappa shape index (κ3) is 5.94. The molecule has 0 aromatic carbocycles. The first-order chi connectivity index (χ1) is 8.12. The molecule has 0 N–H and O–H groups in total. The lowest BCUT2D eigenvalue weighted by Gasteiger charge is -2.28. The van der Waals surface area contributed by atoms with Crippen LogP contribution < -0.4 is 0 Å². The molecule has 0 aliphatic carbocycles. The zero-order chi connectivity index (χ0) is 12.7. The molecule has 6 heteroatoms. The number of epoxide rings is 1. The maximum atomic E-state index is 5.79. The van der Waals surface area contributed by atoms with Crippen LogP contribution in [-0.4, -0.2) is 55.1 Å². The number of hydrogen-bond donors (Lipinski definition) is 0. The van der Waals surface area contributed by atoms with E-state index in [-0.39, 0.29) is 6.10 Å². The Kier molecular flexibility index (Phi) is 6.61. The molecule has 1 atom stereocenters.